The Balaban J connectivity index is 2.24. The van der Waals surface area contributed by atoms with Gasteiger partial charge < -0.3 is 5.32 Å². The first-order chi connectivity index (χ1) is 8.56. The minimum absolute atomic E-state index is 0.323. The van der Waals surface area contributed by atoms with Gasteiger partial charge in [0.25, 0.3) is 5.91 Å². The topological polar surface area (TPSA) is 29.1 Å². The van der Waals surface area contributed by atoms with Crippen LogP contribution in [0.15, 0.2) is 42.5 Å². The maximum atomic E-state index is 12.0. The molecule has 0 spiro atoms. The monoisotopic (exact) mass is 299 g/mol. The van der Waals surface area contributed by atoms with Gasteiger partial charge in [-0.3, -0.25) is 4.79 Å². The van der Waals surface area contributed by atoms with Crippen molar-refractivity contribution in [2.45, 2.75) is 0 Å². The van der Waals surface area contributed by atoms with Gasteiger partial charge in [0, 0.05) is 15.7 Å². The zero-order valence-electron chi connectivity index (χ0n) is 9.08. The maximum absolute atomic E-state index is 12.0. The number of benzene rings is 2. The van der Waals surface area contributed by atoms with Gasteiger partial charge in [0.15, 0.2) is 0 Å². The van der Waals surface area contributed by atoms with Crippen molar-refractivity contribution in [2.75, 3.05) is 5.32 Å². The lowest BCUT2D eigenvalue weighted by Gasteiger charge is -2.07. The average molecular weight is 301 g/mol. The molecule has 0 fully saturated rings. The van der Waals surface area contributed by atoms with Gasteiger partial charge >= 0.3 is 0 Å². The smallest absolute Gasteiger partial charge is 0.257 e. The molecule has 0 atom stereocenters. The summed E-state index contributed by atoms with van der Waals surface area (Å²) in [6.07, 6.45) is 0. The highest BCUT2D eigenvalue weighted by molar-refractivity contribution is 6.36. The molecule has 0 heterocycles. The molecule has 1 N–H and O–H groups in total. The predicted octanol–water partition coefficient (Wildman–Crippen LogP) is 4.90. The zero-order valence-corrected chi connectivity index (χ0v) is 11.4. The van der Waals surface area contributed by atoms with Crippen molar-refractivity contribution in [1.82, 2.24) is 0 Å². The Bertz CT molecular complexity index is 599. The summed E-state index contributed by atoms with van der Waals surface area (Å²) < 4.78 is 0. The molecular weight excluding hydrogens is 293 g/mol. The molecule has 0 aliphatic rings. The summed E-state index contributed by atoms with van der Waals surface area (Å²) in [4.78, 5) is 12.0. The Kier molecular flexibility index (Phi) is 4.12. The third-order valence-corrected chi connectivity index (χ3v) is 3.06. The van der Waals surface area contributed by atoms with E-state index in [1.807, 2.05) is 0 Å². The number of halogens is 3. The largest absolute Gasteiger partial charge is 0.322 e. The molecule has 18 heavy (non-hydrogen) atoms. The van der Waals surface area contributed by atoms with Crippen LogP contribution in [0.25, 0.3) is 0 Å². The van der Waals surface area contributed by atoms with Crippen LogP contribution >= 0.6 is 34.8 Å². The lowest BCUT2D eigenvalue weighted by atomic mass is 10.2. The lowest BCUT2D eigenvalue weighted by Crippen LogP contribution is -2.12. The molecule has 0 saturated carbocycles. The van der Waals surface area contributed by atoms with Crippen molar-refractivity contribution in [1.29, 1.82) is 0 Å². The summed E-state index contributed by atoms with van der Waals surface area (Å²) in [6, 6.07) is 11.6. The summed E-state index contributed by atoms with van der Waals surface area (Å²) in [5, 5.41) is 4.05. The van der Waals surface area contributed by atoms with Gasteiger partial charge in [-0.1, -0.05) is 40.9 Å². The standard InChI is InChI=1S/C13H8Cl3NO/c14-8-2-1-3-10(6-8)17-13(18)11-7-9(15)4-5-12(11)16/h1-7H,(H,17,18). The Hall–Kier alpha value is -1.22. The third-order valence-electron chi connectivity index (χ3n) is 2.26. The molecule has 92 valence electrons. The predicted molar refractivity (Wildman–Crippen MR) is 75.9 cm³/mol. The zero-order chi connectivity index (χ0) is 13.1. The Morgan fingerprint density at radius 1 is 0.944 bits per heavy atom. The van der Waals surface area contributed by atoms with Crippen LogP contribution < -0.4 is 5.32 Å². The van der Waals surface area contributed by atoms with Gasteiger partial charge in [0.1, 0.15) is 0 Å². The summed E-state index contributed by atoms with van der Waals surface area (Å²) in [5.41, 5.74) is 0.924. The second-order valence-electron chi connectivity index (χ2n) is 3.59. The fraction of sp³-hybridized carbons (Fsp3) is 0. The van der Waals surface area contributed by atoms with Crippen LogP contribution in [0.5, 0.6) is 0 Å². The number of hydrogen-bond donors (Lipinski definition) is 1. The summed E-state index contributed by atoms with van der Waals surface area (Å²) >= 11 is 17.6. The quantitative estimate of drug-likeness (QED) is 0.840. The highest BCUT2D eigenvalue weighted by atomic mass is 35.5. The molecule has 0 aromatic heterocycles. The number of anilines is 1. The van der Waals surface area contributed by atoms with E-state index >= 15 is 0 Å². The van der Waals surface area contributed by atoms with E-state index < -0.39 is 0 Å². The fourth-order valence-corrected chi connectivity index (χ4v) is 2.00. The molecule has 0 aliphatic heterocycles. The van der Waals surface area contributed by atoms with Crippen molar-refractivity contribution < 1.29 is 4.79 Å². The highest BCUT2D eigenvalue weighted by Gasteiger charge is 2.11. The minimum Gasteiger partial charge on any atom is -0.322 e. The second kappa shape index (κ2) is 5.61. The van der Waals surface area contributed by atoms with Crippen LogP contribution in [0.1, 0.15) is 10.4 Å². The number of carbonyl (C=O) groups is 1. The maximum Gasteiger partial charge on any atom is 0.257 e. The van der Waals surface area contributed by atoms with Crippen LogP contribution in [-0.2, 0) is 0 Å². The van der Waals surface area contributed by atoms with Crippen molar-refractivity contribution in [3.63, 3.8) is 0 Å². The second-order valence-corrected chi connectivity index (χ2v) is 4.87. The van der Waals surface area contributed by atoms with E-state index in [9.17, 15) is 4.79 Å². The van der Waals surface area contributed by atoms with E-state index in [1.54, 1.807) is 36.4 Å². The normalized spacial score (nSPS) is 10.2. The first-order valence-electron chi connectivity index (χ1n) is 5.08. The van der Waals surface area contributed by atoms with Crippen LogP contribution in [0.3, 0.4) is 0 Å². The molecule has 1 amide bonds. The average Bonchev–Trinajstić information content (AvgIpc) is 2.32. The number of hydrogen-bond acceptors (Lipinski definition) is 1. The molecule has 2 aromatic carbocycles. The van der Waals surface area contributed by atoms with Gasteiger partial charge in [0.05, 0.1) is 10.6 Å². The van der Waals surface area contributed by atoms with E-state index in [0.29, 0.717) is 26.3 Å². The number of rotatable bonds is 2. The lowest BCUT2D eigenvalue weighted by molar-refractivity contribution is 0.102. The van der Waals surface area contributed by atoms with E-state index in [2.05, 4.69) is 5.32 Å². The Labute approximate surface area is 119 Å². The molecule has 0 unspecified atom stereocenters. The van der Waals surface area contributed by atoms with E-state index in [0.717, 1.165) is 0 Å². The summed E-state index contributed by atoms with van der Waals surface area (Å²) in [5.74, 6) is -0.329. The Morgan fingerprint density at radius 2 is 1.67 bits per heavy atom. The van der Waals surface area contributed by atoms with Gasteiger partial charge in [-0.05, 0) is 36.4 Å². The molecule has 0 bridgehead atoms. The molecule has 0 radical (unpaired) electrons. The minimum atomic E-state index is -0.329. The number of nitrogens with one attached hydrogen (secondary N) is 1. The van der Waals surface area contributed by atoms with Gasteiger partial charge in [-0.25, -0.2) is 0 Å². The van der Waals surface area contributed by atoms with Crippen LogP contribution in [0, 0.1) is 0 Å². The summed E-state index contributed by atoms with van der Waals surface area (Å²) in [7, 11) is 0. The molecule has 0 saturated heterocycles. The molecule has 0 aliphatic carbocycles. The molecule has 2 nitrogen and oxygen atoms in total. The number of amides is 1. The molecule has 2 rings (SSSR count). The van der Waals surface area contributed by atoms with Gasteiger partial charge in [0.2, 0.25) is 0 Å². The third kappa shape index (κ3) is 3.16. The SMILES string of the molecule is O=C(Nc1cccc(Cl)c1)c1cc(Cl)ccc1Cl. The van der Waals surface area contributed by atoms with Crippen molar-refractivity contribution in [2.24, 2.45) is 0 Å². The Morgan fingerprint density at radius 3 is 2.39 bits per heavy atom. The van der Waals surface area contributed by atoms with E-state index in [4.69, 9.17) is 34.8 Å². The van der Waals surface area contributed by atoms with Crippen molar-refractivity contribution >= 4 is 46.4 Å². The van der Waals surface area contributed by atoms with E-state index in [1.165, 1.54) is 6.07 Å². The first-order valence-corrected chi connectivity index (χ1v) is 6.21. The van der Waals surface area contributed by atoms with Crippen LogP contribution in [-0.4, -0.2) is 5.91 Å². The first kappa shape index (κ1) is 13.2. The van der Waals surface area contributed by atoms with Crippen molar-refractivity contribution in [3.8, 4) is 0 Å². The van der Waals surface area contributed by atoms with Crippen molar-refractivity contribution in [3.05, 3.63) is 63.1 Å². The highest BCUT2D eigenvalue weighted by Crippen LogP contribution is 2.22. The van der Waals surface area contributed by atoms with Gasteiger partial charge in [-0.15, -0.1) is 0 Å². The fourth-order valence-electron chi connectivity index (χ4n) is 1.44. The van der Waals surface area contributed by atoms with Crippen LogP contribution in [0.2, 0.25) is 15.1 Å². The van der Waals surface area contributed by atoms with Gasteiger partial charge in [-0.2, -0.15) is 0 Å². The van der Waals surface area contributed by atoms with E-state index in [-0.39, 0.29) is 5.91 Å². The van der Waals surface area contributed by atoms with Crippen LogP contribution in [0.4, 0.5) is 5.69 Å². The molecular formula is C13H8Cl3NO. The molecule has 5 heteroatoms. The summed E-state index contributed by atoms with van der Waals surface area (Å²) in [6.45, 7) is 0. The molecule has 2 aromatic rings. The number of carbonyl (C=O) groups excluding carboxylic acids is 1.